The lowest BCUT2D eigenvalue weighted by Crippen LogP contribution is -2.14. The number of nitrogens with two attached hydrogens (primary N) is 1. The molecule has 0 aromatic heterocycles. The third kappa shape index (κ3) is 3.37. The van der Waals surface area contributed by atoms with E-state index in [9.17, 15) is 4.79 Å². The minimum atomic E-state index is -0.436. The molecule has 0 unspecified atom stereocenters. The molecule has 4 heteroatoms. The minimum absolute atomic E-state index is 0.436. The number of benzene rings is 3. The quantitative estimate of drug-likeness (QED) is 0.578. The fourth-order valence-electron chi connectivity index (χ4n) is 2.49. The Labute approximate surface area is 134 Å². The van der Waals surface area contributed by atoms with Crippen LogP contribution in [0.1, 0.15) is 15.9 Å². The summed E-state index contributed by atoms with van der Waals surface area (Å²) in [6, 6.07) is 20.9. The average molecular weight is 304 g/mol. The van der Waals surface area contributed by atoms with Gasteiger partial charge >= 0.3 is 0 Å². The Hall–Kier alpha value is -3.14. The molecule has 0 saturated carbocycles. The summed E-state index contributed by atoms with van der Waals surface area (Å²) in [5.74, 6) is 0.228. The topological polar surface area (TPSA) is 64.7 Å². The highest BCUT2D eigenvalue weighted by atomic mass is 16.6. The molecule has 0 fully saturated rings. The number of para-hydroxylation sites is 1. The van der Waals surface area contributed by atoms with Crippen LogP contribution in [0.25, 0.3) is 10.8 Å². The van der Waals surface area contributed by atoms with Crippen LogP contribution < -0.4 is 10.6 Å². The van der Waals surface area contributed by atoms with Crippen LogP contribution in [0, 0.1) is 0 Å². The zero-order chi connectivity index (χ0) is 16.1. The summed E-state index contributed by atoms with van der Waals surface area (Å²) in [6.45, 7) is 0. The smallest absolute Gasteiger partial charge is 0.249 e. The number of rotatable bonds is 5. The van der Waals surface area contributed by atoms with Gasteiger partial charge in [-0.25, -0.2) is 0 Å². The van der Waals surface area contributed by atoms with Gasteiger partial charge in [0.2, 0.25) is 5.91 Å². The Bertz CT molecular complexity index is 858. The van der Waals surface area contributed by atoms with Crippen molar-refractivity contribution in [2.24, 2.45) is 10.9 Å². The van der Waals surface area contributed by atoms with E-state index in [1.807, 2.05) is 66.7 Å². The highest BCUT2D eigenvalue weighted by Crippen LogP contribution is 2.22. The molecular formula is C19H16N2O2. The van der Waals surface area contributed by atoms with E-state index in [4.69, 9.17) is 10.6 Å². The van der Waals surface area contributed by atoms with Gasteiger partial charge in [0.25, 0.3) is 0 Å². The zero-order valence-corrected chi connectivity index (χ0v) is 12.5. The van der Waals surface area contributed by atoms with E-state index in [2.05, 4.69) is 5.16 Å². The highest BCUT2D eigenvalue weighted by molar-refractivity contribution is 6.08. The van der Waals surface area contributed by atoms with E-state index in [0.717, 1.165) is 16.3 Å². The third-order valence-electron chi connectivity index (χ3n) is 3.55. The van der Waals surface area contributed by atoms with Gasteiger partial charge in [0, 0.05) is 12.6 Å². The van der Waals surface area contributed by atoms with Gasteiger partial charge in [-0.15, -0.1) is 0 Å². The summed E-state index contributed by atoms with van der Waals surface area (Å²) in [5.41, 5.74) is 6.93. The van der Waals surface area contributed by atoms with Gasteiger partial charge < -0.3 is 10.6 Å². The molecule has 0 bridgehead atoms. The van der Waals surface area contributed by atoms with Crippen molar-refractivity contribution in [1.29, 1.82) is 0 Å². The molecule has 0 aliphatic rings. The van der Waals surface area contributed by atoms with Crippen LogP contribution in [-0.2, 0) is 6.42 Å². The van der Waals surface area contributed by atoms with Crippen LogP contribution >= 0.6 is 0 Å². The van der Waals surface area contributed by atoms with E-state index >= 15 is 0 Å². The Morgan fingerprint density at radius 1 is 1.00 bits per heavy atom. The highest BCUT2D eigenvalue weighted by Gasteiger charge is 2.11. The maximum absolute atomic E-state index is 11.8. The Morgan fingerprint density at radius 2 is 1.74 bits per heavy atom. The van der Waals surface area contributed by atoms with E-state index < -0.39 is 5.91 Å². The number of nitrogens with zero attached hydrogens (tertiary/aromatic N) is 1. The first-order chi connectivity index (χ1) is 11.3. The van der Waals surface area contributed by atoms with Crippen molar-refractivity contribution >= 4 is 22.9 Å². The van der Waals surface area contributed by atoms with Crippen molar-refractivity contribution in [3.8, 4) is 5.75 Å². The van der Waals surface area contributed by atoms with Crippen molar-refractivity contribution in [1.82, 2.24) is 0 Å². The van der Waals surface area contributed by atoms with Gasteiger partial charge in [0.15, 0.2) is 5.75 Å². The normalized spacial score (nSPS) is 11.0. The van der Waals surface area contributed by atoms with E-state index in [1.54, 1.807) is 6.21 Å². The minimum Gasteiger partial charge on any atom is -0.366 e. The van der Waals surface area contributed by atoms with Gasteiger partial charge in [-0.3, -0.25) is 4.79 Å². The fourth-order valence-corrected chi connectivity index (χ4v) is 2.49. The fraction of sp³-hybridized carbons (Fsp3) is 0.0526. The standard InChI is InChI=1S/C19H16N2O2/c20-19(22)18-15(11-10-14-6-4-5-9-17(14)18)12-13-21-23-16-7-2-1-3-8-16/h1-11,13H,12H2,(H2,20,22). The SMILES string of the molecule is NC(=O)c1c(CC=NOc2ccccc2)ccc2ccccc12. The molecule has 2 N–H and O–H groups in total. The van der Waals surface area contributed by atoms with Crippen LogP contribution in [0.4, 0.5) is 0 Å². The van der Waals surface area contributed by atoms with E-state index in [1.165, 1.54) is 0 Å². The summed E-state index contributed by atoms with van der Waals surface area (Å²) in [6.07, 6.45) is 2.10. The number of carbonyl (C=O) groups excluding carboxylic acids is 1. The van der Waals surface area contributed by atoms with E-state index in [-0.39, 0.29) is 0 Å². The van der Waals surface area contributed by atoms with Crippen LogP contribution in [0.3, 0.4) is 0 Å². The van der Waals surface area contributed by atoms with Crippen molar-refractivity contribution < 1.29 is 9.63 Å². The molecule has 0 atom stereocenters. The monoisotopic (exact) mass is 304 g/mol. The molecule has 4 nitrogen and oxygen atoms in total. The molecule has 0 aliphatic heterocycles. The summed E-state index contributed by atoms with van der Waals surface area (Å²) in [4.78, 5) is 17.1. The van der Waals surface area contributed by atoms with Gasteiger partial charge in [-0.05, 0) is 28.5 Å². The van der Waals surface area contributed by atoms with Gasteiger partial charge in [0.05, 0.1) is 5.56 Å². The molecule has 3 aromatic carbocycles. The van der Waals surface area contributed by atoms with Crippen molar-refractivity contribution in [2.45, 2.75) is 6.42 Å². The molecule has 0 aliphatic carbocycles. The summed E-state index contributed by atoms with van der Waals surface area (Å²) in [7, 11) is 0. The largest absolute Gasteiger partial charge is 0.366 e. The lowest BCUT2D eigenvalue weighted by molar-refractivity contribution is 0.100. The summed E-state index contributed by atoms with van der Waals surface area (Å²) in [5, 5.41) is 5.79. The second-order valence-electron chi connectivity index (χ2n) is 5.08. The maximum atomic E-state index is 11.8. The Balaban J connectivity index is 1.82. The second-order valence-corrected chi connectivity index (χ2v) is 5.08. The molecule has 3 rings (SSSR count). The summed E-state index contributed by atoms with van der Waals surface area (Å²) >= 11 is 0. The zero-order valence-electron chi connectivity index (χ0n) is 12.5. The number of hydrogen-bond donors (Lipinski definition) is 1. The lowest BCUT2D eigenvalue weighted by Gasteiger charge is -2.08. The van der Waals surface area contributed by atoms with Gasteiger partial charge in [-0.2, -0.15) is 0 Å². The van der Waals surface area contributed by atoms with Crippen LogP contribution in [0.5, 0.6) is 5.75 Å². The third-order valence-corrected chi connectivity index (χ3v) is 3.55. The molecule has 1 amide bonds. The Kier molecular flexibility index (Phi) is 4.34. The number of amides is 1. The molecule has 0 saturated heterocycles. The first kappa shape index (κ1) is 14.8. The predicted octanol–water partition coefficient (Wildman–Crippen LogP) is 3.55. The van der Waals surface area contributed by atoms with Crippen molar-refractivity contribution in [3.63, 3.8) is 0 Å². The average Bonchev–Trinajstić information content (AvgIpc) is 2.59. The van der Waals surface area contributed by atoms with Gasteiger partial charge in [-0.1, -0.05) is 59.8 Å². The second kappa shape index (κ2) is 6.75. The molecule has 3 aromatic rings. The number of primary amides is 1. The molecule has 0 spiro atoms. The Morgan fingerprint density at radius 3 is 2.52 bits per heavy atom. The molecule has 114 valence electrons. The number of hydrogen-bond acceptors (Lipinski definition) is 3. The number of oxime groups is 1. The first-order valence-corrected chi connectivity index (χ1v) is 7.30. The predicted molar refractivity (Wildman–Crippen MR) is 91.7 cm³/mol. The summed E-state index contributed by atoms with van der Waals surface area (Å²) < 4.78 is 0. The first-order valence-electron chi connectivity index (χ1n) is 7.30. The molecule has 0 radical (unpaired) electrons. The molecular weight excluding hydrogens is 288 g/mol. The number of carbonyl (C=O) groups is 1. The molecule has 0 heterocycles. The van der Waals surface area contributed by atoms with E-state index in [0.29, 0.717) is 17.7 Å². The number of fused-ring (bicyclic) bond motifs is 1. The van der Waals surface area contributed by atoms with Gasteiger partial charge in [0.1, 0.15) is 0 Å². The van der Waals surface area contributed by atoms with Crippen molar-refractivity contribution in [3.05, 3.63) is 77.9 Å². The lowest BCUT2D eigenvalue weighted by atomic mass is 9.97. The van der Waals surface area contributed by atoms with Crippen molar-refractivity contribution in [2.75, 3.05) is 0 Å². The van der Waals surface area contributed by atoms with Crippen LogP contribution in [0.15, 0.2) is 71.9 Å². The van der Waals surface area contributed by atoms with Crippen LogP contribution in [-0.4, -0.2) is 12.1 Å². The maximum Gasteiger partial charge on any atom is 0.249 e. The molecule has 23 heavy (non-hydrogen) atoms. The van der Waals surface area contributed by atoms with Crippen LogP contribution in [0.2, 0.25) is 0 Å².